The highest BCUT2D eigenvalue weighted by Gasteiger charge is 2.26. The first-order valence-corrected chi connectivity index (χ1v) is 6.75. The lowest BCUT2D eigenvalue weighted by atomic mass is 10.1. The Morgan fingerprint density at radius 1 is 1.26 bits per heavy atom. The summed E-state index contributed by atoms with van der Waals surface area (Å²) in [4.78, 5) is 0. The standard InChI is InChI=1S/C10H12.C6H10O3/c1-3-5-10-7-4-6-9(2)8-10;1(5-3-8-5)7-2-6-4-9-6/h3-4,6-8H,1,5H2,2H3;5-6H,1-4H2. The van der Waals surface area contributed by atoms with Gasteiger partial charge in [0.1, 0.15) is 12.2 Å². The van der Waals surface area contributed by atoms with E-state index in [1.807, 2.05) is 6.08 Å². The molecule has 0 amide bonds. The second kappa shape index (κ2) is 7.43. The van der Waals surface area contributed by atoms with Crippen molar-refractivity contribution in [2.24, 2.45) is 0 Å². The van der Waals surface area contributed by atoms with Crippen LogP contribution in [0.5, 0.6) is 0 Å². The van der Waals surface area contributed by atoms with Crippen molar-refractivity contribution in [3.8, 4) is 0 Å². The molecule has 0 aromatic heterocycles. The van der Waals surface area contributed by atoms with Gasteiger partial charge in [-0.15, -0.1) is 6.58 Å². The second-order valence-corrected chi connectivity index (χ2v) is 4.93. The zero-order valence-electron chi connectivity index (χ0n) is 11.5. The van der Waals surface area contributed by atoms with Crippen molar-refractivity contribution in [2.75, 3.05) is 26.4 Å². The van der Waals surface area contributed by atoms with E-state index in [1.165, 1.54) is 11.1 Å². The average molecular weight is 262 g/mol. The van der Waals surface area contributed by atoms with E-state index in [0.29, 0.717) is 12.2 Å². The molecule has 3 rings (SSSR count). The van der Waals surface area contributed by atoms with E-state index in [4.69, 9.17) is 14.2 Å². The van der Waals surface area contributed by atoms with Gasteiger partial charge in [0.05, 0.1) is 26.4 Å². The maximum atomic E-state index is 5.23. The topological polar surface area (TPSA) is 34.3 Å². The van der Waals surface area contributed by atoms with E-state index in [-0.39, 0.29) is 0 Å². The number of rotatable bonds is 6. The van der Waals surface area contributed by atoms with Gasteiger partial charge < -0.3 is 14.2 Å². The molecule has 104 valence electrons. The number of allylic oxidation sites excluding steroid dienone is 1. The van der Waals surface area contributed by atoms with Gasteiger partial charge in [-0.05, 0) is 18.9 Å². The lowest BCUT2D eigenvalue weighted by Gasteiger charge is -1.96. The van der Waals surface area contributed by atoms with Gasteiger partial charge in [-0.3, -0.25) is 0 Å². The number of epoxide rings is 2. The summed E-state index contributed by atoms with van der Waals surface area (Å²) < 4.78 is 15.1. The van der Waals surface area contributed by atoms with Crippen LogP contribution in [0.25, 0.3) is 0 Å². The smallest absolute Gasteiger partial charge is 0.104 e. The highest BCUT2D eigenvalue weighted by Crippen LogP contribution is 2.12. The first-order chi connectivity index (χ1) is 9.28. The van der Waals surface area contributed by atoms with E-state index in [0.717, 1.165) is 32.8 Å². The molecule has 2 aliphatic heterocycles. The number of hydrogen-bond acceptors (Lipinski definition) is 3. The summed E-state index contributed by atoms with van der Waals surface area (Å²) in [6, 6.07) is 8.48. The van der Waals surface area contributed by atoms with Crippen LogP contribution in [0.1, 0.15) is 11.1 Å². The van der Waals surface area contributed by atoms with Crippen molar-refractivity contribution in [2.45, 2.75) is 25.6 Å². The maximum absolute atomic E-state index is 5.23. The molecule has 3 nitrogen and oxygen atoms in total. The molecule has 2 saturated heterocycles. The van der Waals surface area contributed by atoms with Crippen molar-refractivity contribution >= 4 is 0 Å². The summed E-state index contributed by atoms with van der Waals surface area (Å²) >= 11 is 0. The fourth-order valence-electron chi connectivity index (χ4n) is 1.67. The Kier molecular flexibility index (Phi) is 5.58. The fourth-order valence-corrected chi connectivity index (χ4v) is 1.67. The summed E-state index contributed by atoms with van der Waals surface area (Å²) in [6.07, 6.45) is 3.68. The normalized spacial score (nSPS) is 23.2. The third-order valence-corrected chi connectivity index (χ3v) is 2.87. The average Bonchev–Trinajstić information content (AvgIpc) is 3.25. The van der Waals surface area contributed by atoms with Crippen molar-refractivity contribution in [3.05, 3.63) is 48.0 Å². The van der Waals surface area contributed by atoms with Gasteiger partial charge in [-0.1, -0.05) is 35.9 Å². The number of hydrogen-bond donors (Lipinski definition) is 0. The molecule has 0 saturated carbocycles. The summed E-state index contributed by atoms with van der Waals surface area (Å²) in [5, 5.41) is 0. The molecular weight excluding hydrogens is 240 g/mol. The van der Waals surface area contributed by atoms with Gasteiger partial charge >= 0.3 is 0 Å². The summed E-state index contributed by atoms with van der Waals surface area (Å²) in [6.45, 7) is 9.05. The number of aryl methyl sites for hydroxylation is 1. The predicted molar refractivity (Wildman–Crippen MR) is 75.4 cm³/mol. The molecular formula is C16H22O3. The lowest BCUT2D eigenvalue weighted by molar-refractivity contribution is 0.102. The molecule has 2 heterocycles. The van der Waals surface area contributed by atoms with E-state index in [9.17, 15) is 0 Å². The highest BCUT2D eigenvalue weighted by molar-refractivity contribution is 5.23. The van der Waals surface area contributed by atoms with Crippen molar-refractivity contribution in [1.29, 1.82) is 0 Å². The molecule has 0 N–H and O–H groups in total. The van der Waals surface area contributed by atoms with Crippen LogP contribution in [-0.4, -0.2) is 38.6 Å². The minimum Gasteiger partial charge on any atom is -0.376 e. The molecule has 1 aromatic rings. The third-order valence-electron chi connectivity index (χ3n) is 2.87. The third kappa shape index (κ3) is 6.53. The molecule has 2 unspecified atom stereocenters. The molecule has 0 bridgehead atoms. The van der Waals surface area contributed by atoms with Crippen LogP contribution in [0.2, 0.25) is 0 Å². The Morgan fingerprint density at radius 2 is 1.89 bits per heavy atom. The molecule has 2 aliphatic rings. The monoisotopic (exact) mass is 262 g/mol. The van der Waals surface area contributed by atoms with Gasteiger partial charge in [0.15, 0.2) is 0 Å². The van der Waals surface area contributed by atoms with E-state index >= 15 is 0 Å². The molecule has 0 aliphatic carbocycles. The Labute approximate surface area is 115 Å². The molecule has 0 spiro atoms. The predicted octanol–water partition coefficient (Wildman–Crippen LogP) is 2.52. The van der Waals surface area contributed by atoms with Crippen LogP contribution in [0.15, 0.2) is 36.9 Å². The second-order valence-electron chi connectivity index (χ2n) is 4.93. The van der Waals surface area contributed by atoms with Gasteiger partial charge in [-0.2, -0.15) is 0 Å². The van der Waals surface area contributed by atoms with E-state index in [2.05, 4.69) is 37.8 Å². The van der Waals surface area contributed by atoms with Crippen molar-refractivity contribution < 1.29 is 14.2 Å². The van der Waals surface area contributed by atoms with Crippen LogP contribution < -0.4 is 0 Å². The van der Waals surface area contributed by atoms with Crippen LogP contribution in [-0.2, 0) is 20.6 Å². The first kappa shape index (κ1) is 14.3. The molecule has 0 radical (unpaired) electrons. The summed E-state index contributed by atoms with van der Waals surface area (Å²) in [5.74, 6) is 0. The van der Waals surface area contributed by atoms with Gasteiger partial charge in [0, 0.05) is 0 Å². The quantitative estimate of drug-likeness (QED) is 0.583. The Bertz CT molecular complexity index is 383. The van der Waals surface area contributed by atoms with Crippen molar-refractivity contribution in [1.82, 2.24) is 0 Å². The van der Waals surface area contributed by atoms with Crippen LogP contribution in [0.4, 0.5) is 0 Å². The molecule has 3 heteroatoms. The summed E-state index contributed by atoms with van der Waals surface area (Å²) in [5.41, 5.74) is 2.66. The van der Waals surface area contributed by atoms with Crippen molar-refractivity contribution in [3.63, 3.8) is 0 Å². The maximum Gasteiger partial charge on any atom is 0.104 e. The van der Waals surface area contributed by atoms with Crippen LogP contribution in [0.3, 0.4) is 0 Å². The minimum absolute atomic E-state index is 0.392. The number of ether oxygens (including phenoxy) is 3. The van der Waals surface area contributed by atoms with E-state index in [1.54, 1.807) is 0 Å². The number of benzene rings is 1. The summed E-state index contributed by atoms with van der Waals surface area (Å²) in [7, 11) is 0. The van der Waals surface area contributed by atoms with Crippen LogP contribution in [0, 0.1) is 6.92 Å². The molecule has 2 fully saturated rings. The largest absolute Gasteiger partial charge is 0.376 e. The Morgan fingerprint density at radius 3 is 2.37 bits per heavy atom. The zero-order chi connectivity index (χ0) is 13.5. The minimum atomic E-state index is 0.392. The van der Waals surface area contributed by atoms with Gasteiger partial charge in [0.25, 0.3) is 0 Å². The highest BCUT2D eigenvalue weighted by atomic mass is 16.6. The SMILES string of the molecule is C(OCC1CO1)C1CO1.C=CCc1cccc(C)c1. The van der Waals surface area contributed by atoms with Gasteiger partial charge in [0.2, 0.25) is 0 Å². The first-order valence-electron chi connectivity index (χ1n) is 6.75. The molecule has 1 aromatic carbocycles. The van der Waals surface area contributed by atoms with Crippen LogP contribution >= 0.6 is 0 Å². The zero-order valence-corrected chi connectivity index (χ0v) is 11.5. The fraction of sp³-hybridized carbons (Fsp3) is 0.500. The Hall–Kier alpha value is -1.16. The van der Waals surface area contributed by atoms with Gasteiger partial charge in [-0.25, -0.2) is 0 Å². The lowest BCUT2D eigenvalue weighted by Crippen LogP contribution is -2.06. The molecule has 19 heavy (non-hydrogen) atoms. The van der Waals surface area contributed by atoms with E-state index < -0.39 is 0 Å². The molecule has 2 atom stereocenters. The Balaban J connectivity index is 0.000000141.